The molecule has 0 amide bonds. The fraction of sp³-hybridized carbons (Fsp3) is 0.429. The van der Waals surface area contributed by atoms with Gasteiger partial charge in [0, 0.05) is 27.0 Å². The van der Waals surface area contributed by atoms with Gasteiger partial charge in [0.25, 0.3) is 0 Å². The van der Waals surface area contributed by atoms with Crippen molar-refractivity contribution < 1.29 is 8.42 Å². The van der Waals surface area contributed by atoms with E-state index in [4.69, 9.17) is 11.6 Å². The number of rotatable bonds is 4. The van der Waals surface area contributed by atoms with E-state index in [9.17, 15) is 8.42 Å². The predicted octanol–water partition coefficient (Wildman–Crippen LogP) is 3.25. The van der Waals surface area contributed by atoms with Crippen molar-refractivity contribution in [3.63, 3.8) is 0 Å². The molecule has 22 heavy (non-hydrogen) atoms. The number of piperidine rings is 1. The third-order valence-electron chi connectivity index (χ3n) is 3.75. The molecule has 1 aliphatic rings. The number of halogens is 2. The van der Waals surface area contributed by atoms with Crippen molar-refractivity contribution in [2.75, 3.05) is 19.6 Å². The molecule has 1 aromatic carbocycles. The van der Waals surface area contributed by atoms with Gasteiger partial charge in [0.1, 0.15) is 4.90 Å². The highest BCUT2D eigenvalue weighted by atomic mass is 35.5. The summed E-state index contributed by atoms with van der Waals surface area (Å²) in [5, 5.41) is 6.22. The summed E-state index contributed by atoms with van der Waals surface area (Å²) in [6, 6.07) is 5.34. The van der Waals surface area contributed by atoms with Crippen LogP contribution in [0, 0.1) is 5.92 Å². The van der Waals surface area contributed by atoms with E-state index in [0.29, 0.717) is 27.8 Å². The van der Waals surface area contributed by atoms with Crippen LogP contribution in [0.5, 0.6) is 0 Å². The minimum Gasteiger partial charge on any atom is -0.316 e. The lowest BCUT2D eigenvalue weighted by Crippen LogP contribution is -2.38. The van der Waals surface area contributed by atoms with Gasteiger partial charge < -0.3 is 5.32 Å². The maximum atomic E-state index is 12.5. The number of fused-ring (bicyclic) bond motifs is 1. The van der Waals surface area contributed by atoms with Crippen LogP contribution in [-0.2, 0) is 10.0 Å². The molecule has 0 bridgehead atoms. The number of hydrogen-bond donors (Lipinski definition) is 2. The van der Waals surface area contributed by atoms with Gasteiger partial charge in [-0.05, 0) is 50.0 Å². The van der Waals surface area contributed by atoms with Crippen LogP contribution >= 0.6 is 35.3 Å². The largest absolute Gasteiger partial charge is 0.316 e. The molecule has 3 rings (SSSR count). The van der Waals surface area contributed by atoms with Crippen LogP contribution in [0.2, 0.25) is 5.02 Å². The molecule has 8 heteroatoms. The van der Waals surface area contributed by atoms with Crippen molar-refractivity contribution in [2.24, 2.45) is 5.92 Å². The first-order valence-electron chi connectivity index (χ1n) is 6.93. The zero-order valence-corrected chi connectivity index (χ0v) is 15.0. The smallest absolute Gasteiger partial charge is 0.242 e. The Morgan fingerprint density at radius 2 is 2.23 bits per heavy atom. The van der Waals surface area contributed by atoms with Gasteiger partial charge >= 0.3 is 0 Å². The topological polar surface area (TPSA) is 58.2 Å². The molecule has 1 unspecified atom stereocenters. The fourth-order valence-corrected chi connectivity index (χ4v) is 5.35. The van der Waals surface area contributed by atoms with E-state index in [1.807, 2.05) is 6.07 Å². The van der Waals surface area contributed by atoms with Crippen LogP contribution in [0.25, 0.3) is 10.1 Å². The van der Waals surface area contributed by atoms with Crippen LogP contribution in [0.1, 0.15) is 12.8 Å². The van der Waals surface area contributed by atoms with Gasteiger partial charge in [0.15, 0.2) is 0 Å². The molecule has 0 aliphatic carbocycles. The summed E-state index contributed by atoms with van der Waals surface area (Å²) < 4.78 is 28.7. The summed E-state index contributed by atoms with van der Waals surface area (Å²) in [6.07, 6.45) is 2.16. The second kappa shape index (κ2) is 7.47. The summed E-state index contributed by atoms with van der Waals surface area (Å²) >= 11 is 7.40. The van der Waals surface area contributed by atoms with Gasteiger partial charge in [-0.25, -0.2) is 13.1 Å². The first kappa shape index (κ1) is 18.0. The Morgan fingerprint density at radius 1 is 1.41 bits per heavy atom. The van der Waals surface area contributed by atoms with E-state index in [1.54, 1.807) is 17.5 Å². The standard InChI is InChI=1S/C14H17ClN2O2S2.ClH/c15-11-3-4-13-12(6-11)14(9-20-13)21(18,19)17-8-10-2-1-5-16-7-10;/h3-4,6,9-10,16-17H,1-2,5,7-8H2;1H. The molecule has 2 aromatic rings. The molecule has 1 aliphatic heterocycles. The van der Waals surface area contributed by atoms with Crippen molar-refractivity contribution in [1.82, 2.24) is 10.0 Å². The third-order valence-corrected chi connectivity index (χ3v) is 6.56. The lowest BCUT2D eigenvalue weighted by Gasteiger charge is -2.22. The second-order valence-electron chi connectivity index (χ2n) is 5.30. The summed E-state index contributed by atoms with van der Waals surface area (Å²) in [5.41, 5.74) is 0. The van der Waals surface area contributed by atoms with Gasteiger partial charge in [0.2, 0.25) is 10.0 Å². The third kappa shape index (κ3) is 3.93. The van der Waals surface area contributed by atoms with Gasteiger partial charge in [-0.3, -0.25) is 0 Å². The van der Waals surface area contributed by atoms with E-state index >= 15 is 0 Å². The Hall–Kier alpha value is -0.370. The van der Waals surface area contributed by atoms with Crippen molar-refractivity contribution in [3.05, 3.63) is 28.6 Å². The number of sulfonamides is 1. The second-order valence-corrected chi connectivity index (χ2v) is 8.39. The summed E-state index contributed by atoms with van der Waals surface area (Å²) in [6.45, 7) is 2.38. The van der Waals surface area contributed by atoms with Gasteiger partial charge in [-0.1, -0.05) is 11.6 Å². The highest BCUT2D eigenvalue weighted by Gasteiger charge is 2.21. The molecule has 1 saturated heterocycles. The minimum atomic E-state index is -3.49. The van der Waals surface area contributed by atoms with Crippen molar-refractivity contribution in [3.8, 4) is 0 Å². The number of thiophene rings is 1. The van der Waals surface area contributed by atoms with E-state index in [0.717, 1.165) is 30.6 Å². The van der Waals surface area contributed by atoms with Crippen LogP contribution in [0.4, 0.5) is 0 Å². The summed E-state index contributed by atoms with van der Waals surface area (Å²) in [5.74, 6) is 0.363. The fourth-order valence-electron chi connectivity index (χ4n) is 2.59. The molecule has 2 N–H and O–H groups in total. The van der Waals surface area contributed by atoms with E-state index in [1.165, 1.54) is 11.3 Å². The molecule has 1 fully saturated rings. The average molecular weight is 381 g/mol. The first-order chi connectivity index (χ1) is 10.1. The van der Waals surface area contributed by atoms with Crippen molar-refractivity contribution >= 4 is 55.5 Å². The monoisotopic (exact) mass is 380 g/mol. The van der Waals surface area contributed by atoms with Crippen LogP contribution in [0.15, 0.2) is 28.5 Å². The average Bonchev–Trinajstić information content (AvgIpc) is 2.90. The highest BCUT2D eigenvalue weighted by molar-refractivity contribution is 7.90. The van der Waals surface area contributed by atoms with E-state index < -0.39 is 10.0 Å². The van der Waals surface area contributed by atoms with Gasteiger partial charge in [0.05, 0.1) is 0 Å². The lowest BCUT2D eigenvalue weighted by molar-refractivity contribution is 0.376. The zero-order chi connectivity index (χ0) is 14.9. The highest BCUT2D eigenvalue weighted by Crippen LogP contribution is 2.31. The molecule has 0 radical (unpaired) electrons. The van der Waals surface area contributed by atoms with Crippen LogP contribution in [0.3, 0.4) is 0 Å². The van der Waals surface area contributed by atoms with Crippen molar-refractivity contribution in [1.29, 1.82) is 0 Å². The molecule has 4 nitrogen and oxygen atoms in total. The normalized spacial score (nSPS) is 19.0. The lowest BCUT2D eigenvalue weighted by atomic mass is 10.0. The summed E-state index contributed by atoms with van der Waals surface area (Å²) in [4.78, 5) is 0.328. The minimum absolute atomic E-state index is 0. The Balaban J connectivity index is 0.00000176. The van der Waals surface area contributed by atoms with Crippen molar-refractivity contribution in [2.45, 2.75) is 17.7 Å². The predicted molar refractivity (Wildman–Crippen MR) is 94.9 cm³/mol. The maximum Gasteiger partial charge on any atom is 0.242 e. The molecule has 1 aromatic heterocycles. The molecular weight excluding hydrogens is 363 g/mol. The molecule has 1 atom stereocenters. The maximum absolute atomic E-state index is 12.5. The van der Waals surface area contributed by atoms with E-state index in [-0.39, 0.29) is 12.4 Å². The van der Waals surface area contributed by atoms with Crippen LogP contribution in [-0.4, -0.2) is 28.1 Å². The van der Waals surface area contributed by atoms with Gasteiger partial charge in [-0.2, -0.15) is 0 Å². The van der Waals surface area contributed by atoms with E-state index in [2.05, 4.69) is 10.0 Å². The first-order valence-corrected chi connectivity index (χ1v) is 9.67. The van der Waals surface area contributed by atoms with Crippen LogP contribution < -0.4 is 10.0 Å². The summed E-state index contributed by atoms with van der Waals surface area (Å²) in [7, 11) is -3.49. The Labute approximate surface area is 145 Å². The Kier molecular flexibility index (Phi) is 6.10. The Morgan fingerprint density at radius 3 is 2.95 bits per heavy atom. The zero-order valence-electron chi connectivity index (χ0n) is 11.8. The molecule has 0 saturated carbocycles. The number of nitrogens with one attached hydrogen (secondary N) is 2. The van der Waals surface area contributed by atoms with Gasteiger partial charge in [-0.15, -0.1) is 23.7 Å². The quantitative estimate of drug-likeness (QED) is 0.855. The molecule has 2 heterocycles. The molecule has 0 spiro atoms. The Bertz CT molecular complexity index is 740. The number of benzene rings is 1. The number of hydrogen-bond acceptors (Lipinski definition) is 4. The molecule has 122 valence electrons. The SMILES string of the molecule is Cl.O=S(=O)(NCC1CCCNC1)c1csc2ccc(Cl)cc12. The molecular formula is C14H18Cl2N2O2S2.